The maximum atomic E-state index is 13.0. The zero-order valence-corrected chi connectivity index (χ0v) is 12.2. The maximum Gasteiger partial charge on any atom is 0.266 e. The third-order valence-corrected chi connectivity index (χ3v) is 4.61. The van der Waals surface area contributed by atoms with Gasteiger partial charge in [-0.3, -0.25) is 0 Å². The van der Waals surface area contributed by atoms with E-state index in [1.54, 1.807) is 12.1 Å². The molecule has 3 rings (SSSR count). The van der Waals surface area contributed by atoms with Crippen LogP contribution in [0.4, 0.5) is 10.3 Å². The molecule has 0 radical (unpaired) electrons. The van der Waals surface area contributed by atoms with Crippen molar-refractivity contribution in [3.8, 4) is 11.7 Å². The van der Waals surface area contributed by atoms with Crippen LogP contribution in [0.15, 0.2) is 61.4 Å². The molecule has 1 N–H and O–H groups in total. The number of rotatable bonds is 4. The molecule has 6 nitrogen and oxygen atoms in total. The second-order valence-electron chi connectivity index (χ2n) is 4.34. The number of aromatic nitrogens is 1. The molecule has 2 aromatic heterocycles. The standard InChI is InChI=1S/C14H11FN2O4S/c1-16-13-14(17-12(21-13)11-3-2-8-20-11)22(18,19)10-6-4-9(15)5-7-10/h2-8,16H,1H3. The van der Waals surface area contributed by atoms with Crippen LogP contribution in [-0.4, -0.2) is 20.4 Å². The minimum absolute atomic E-state index is 0.0178. The van der Waals surface area contributed by atoms with Crippen LogP contribution >= 0.6 is 0 Å². The highest BCUT2D eigenvalue weighted by Crippen LogP contribution is 2.32. The molecule has 114 valence electrons. The molecule has 0 aliphatic carbocycles. The Hall–Kier alpha value is -2.61. The summed E-state index contributed by atoms with van der Waals surface area (Å²) in [5.41, 5.74) is 0. The summed E-state index contributed by atoms with van der Waals surface area (Å²) < 4.78 is 48.7. The number of benzene rings is 1. The lowest BCUT2D eigenvalue weighted by Crippen LogP contribution is -2.05. The van der Waals surface area contributed by atoms with Crippen molar-refractivity contribution in [1.82, 2.24) is 4.98 Å². The van der Waals surface area contributed by atoms with E-state index in [1.165, 1.54) is 25.4 Å². The summed E-state index contributed by atoms with van der Waals surface area (Å²) in [7, 11) is -2.43. The second kappa shape index (κ2) is 5.30. The van der Waals surface area contributed by atoms with Crippen LogP contribution in [0.3, 0.4) is 0 Å². The Balaban J connectivity index is 2.12. The van der Waals surface area contributed by atoms with Crippen molar-refractivity contribution in [2.75, 3.05) is 12.4 Å². The number of sulfone groups is 1. The number of halogens is 1. The molecule has 0 saturated carbocycles. The van der Waals surface area contributed by atoms with Gasteiger partial charge in [-0.05, 0) is 36.4 Å². The summed E-state index contributed by atoms with van der Waals surface area (Å²) >= 11 is 0. The zero-order chi connectivity index (χ0) is 15.7. The van der Waals surface area contributed by atoms with Gasteiger partial charge in [-0.2, -0.15) is 4.98 Å². The van der Waals surface area contributed by atoms with E-state index in [0.29, 0.717) is 5.76 Å². The van der Waals surface area contributed by atoms with Crippen LogP contribution in [0.1, 0.15) is 0 Å². The van der Waals surface area contributed by atoms with Gasteiger partial charge < -0.3 is 14.2 Å². The first-order valence-electron chi connectivity index (χ1n) is 6.25. The molecule has 0 saturated heterocycles. The minimum atomic E-state index is -3.94. The number of hydrogen-bond acceptors (Lipinski definition) is 6. The normalized spacial score (nSPS) is 11.5. The first kappa shape index (κ1) is 14.3. The van der Waals surface area contributed by atoms with Gasteiger partial charge >= 0.3 is 0 Å². The van der Waals surface area contributed by atoms with Crippen LogP contribution in [0, 0.1) is 5.82 Å². The average Bonchev–Trinajstić information content (AvgIpc) is 3.16. The van der Waals surface area contributed by atoms with Crippen LogP contribution in [0.5, 0.6) is 0 Å². The number of furan rings is 1. The molecule has 0 fully saturated rings. The molecular weight excluding hydrogens is 311 g/mol. The Morgan fingerprint density at radius 1 is 1.18 bits per heavy atom. The van der Waals surface area contributed by atoms with E-state index in [1.807, 2.05) is 0 Å². The lowest BCUT2D eigenvalue weighted by atomic mass is 10.4. The van der Waals surface area contributed by atoms with E-state index in [-0.39, 0.29) is 21.7 Å². The van der Waals surface area contributed by atoms with E-state index < -0.39 is 15.7 Å². The number of nitrogens with zero attached hydrogens (tertiary/aromatic N) is 1. The van der Waals surface area contributed by atoms with E-state index in [9.17, 15) is 12.8 Å². The molecule has 0 aliphatic rings. The highest BCUT2D eigenvalue weighted by Gasteiger charge is 2.28. The van der Waals surface area contributed by atoms with Gasteiger partial charge in [0.05, 0.1) is 11.2 Å². The molecule has 0 atom stereocenters. The first-order valence-corrected chi connectivity index (χ1v) is 7.74. The Morgan fingerprint density at radius 2 is 1.91 bits per heavy atom. The Morgan fingerprint density at radius 3 is 2.50 bits per heavy atom. The topological polar surface area (TPSA) is 85.3 Å². The van der Waals surface area contributed by atoms with Crippen molar-refractivity contribution in [3.05, 3.63) is 48.5 Å². The van der Waals surface area contributed by atoms with Crippen molar-refractivity contribution in [3.63, 3.8) is 0 Å². The summed E-state index contributed by atoms with van der Waals surface area (Å²) in [5.74, 6) is -0.202. The summed E-state index contributed by atoms with van der Waals surface area (Å²) in [6.45, 7) is 0. The molecule has 0 unspecified atom stereocenters. The number of hydrogen-bond donors (Lipinski definition) is 1. The van der Waals surface area contributed by atoms with Gasteiger partial charge in [0.2, 0.25) is 20.7 Å². The Labute approximate surface area is 125 Å². The van der Waals surface area contributed by atoms with E-state index in [0.717, 1.165) is 12.1 Å². The highest BCUT2D eigenvalue weighted by molar-refractivity contribution is 7.91. The fraction of sp³-hybridized carbons (Fsp3) is 0.0714. The lowest BCUT2D eigenvalue weighted by Gasteiger charge is -2.02. The molecule has 2 heterocycles. The van der Waals surface area contributed by atoms with Crippen molar-refractivity contribution >= 4 is 15.7 Å². The highest BCUT2D eigenvalue weighted by atomic mass is 32.2. The van der Waals surface area contributed by atoms with Gasteiger partial charge in [-0.25, -0.2) is 12.8 Å². The summed E-state index contributed by atoms with van der Waals surface area (Å²) in [4.78, 5) is 3.91. The molecule has 1 aromatic carbocycles. The van der Waals surface area contributed by atoms with Gasteiger partial charge in [0, 0.05) is 7.05 Å². The lowest BCUT2D eigenvalue weighted by molar-refractivity contribution is 0.524. The maximum absolute atomic E-state index is 13.0. The second-order valence-corrected chi connectivity index (χ2v) is 6.20. The van der Waals surface area contributed by atoms with E-state index >= 15 is 0 Å². The van der Waals surface area contributed by atoms with Gasteiger partial charge in [0.1, 0.15) is 5.82 Å². The molecule has 0 bridgehead atoms. The van der Waals surface area contributed by atoms with Crippen molar-refractivity contribution < 1.29 is 21.6 Å². The summed E-state index contributed by atoms with van der Waals surface area (Å²) in [5, 5.41) is 2.36. The fourth-order valence-corrected chi connectivity index (χ4v) is 3.19. The molecule has 8 heteroatoms. The first-order chi connectivity index (χ1) is 10.5. The predicted molar refractivity (Wildman–Crippen MR) is 75.6 cm³/mol. The van der Waals surface area contributed by atoms with Crippen molar-refractivity contribution in [2.24, 2.45) is 0 Å². The summed E-state index contributed by atoms with van der Waals surface area (Å²) in [6, 6.07) is 7.71. The molecule has 0 amide bonds. The van der Waals surface area contributed by atoms with E-state index in [4.69, 9.17) is 8.83 Å². The SMILES string of the molecule is CNc1oc(-c2ccco2)nc1S(=O)(=O)c1ccc(F)cc1. The third kappa shape index (κ3) is 2.37. The number of nitrogens with one attached hydrogen (secondary N) is 1. The molecule has 3 aromatic rings. The van der Waals surface area contributed by atoms with Crippen LogP contribution in [0.25, 0.3) is 11.7 Å². The van der Waals surface area contributed by atoms with Gasteiger partial charge in [0.25, 0.3) is 5.89 Å². The van der Waals surface area contributed by atoms with Gasteiger partial charge in [0.15, 0.2) is 5.76 Å². The fourth-order valence-electron chi connectivity index (χ4n) is 1.88. The van der Waals surface area contributed by atoms with Crippen LogP contribution < -0.4 is 5.32 Å². The van der Waals surface area contributed by atoms with Crippen LogP contribution in [-0.2, 0) is 9.84 Å². The van der Waals surface area contributed by atoms with Crippen molar-refractivity contribution in [2.45, 2.75) is 9.92 Å². The summed E-state index contributed by atoms with van der Waals surface area (Å²) in [6.07, 6.45) is 1.42. The average molecular weight is 322 g/mol. The van der Waals surface area contributed by atoms with Crippen LogP contribution in [0.2, 0.25) is 0 Å². The molecule has 0 aliphatic heterocycles. The number of oxazole rings is 1. The van der Waals surface area contributed by atoms with Gasteiger partial charge in [-0.15, -0.1) is 0 Å². The number of anilines is 1. The minimum Gasteiger partial charge on any atom is -0.459 e. The Bertz CT molecular complexity index is 884. The zero-order valence-electron chi connectivity index (χ0n) is 11.4. The third-order valence-electron chi connectivity index (χ3n) is 2.93. The van der Waals surface area contributed by atoms with Crippen molar-refractivity contribution in [1.29, 1.82) is 0 Å². The molecular formula is C14H11FN2O4S. The largest absolute Gasteiger partial charge is 0.459 e. The van der Waals surface area contributed by atoms with E-state index in [2.05, 4.69) is 10.3 Å². The Kier molecular flexibility index (Phi) is 3.45. The molecule has 0 spiro atoms. The quantitative estimate of drug-likeness (QED) is 0.743. The molecule has 22 heavy (non-hydrogen) atoms. The monoisotopic (exact) mass is 322 g/mol. The smallest absolute Gasteiger partial charge is 0.266 e. The van der Waals surface area contributed by atoms with Gasteiger partial charge in [-0.1, -0.05) is 0 Å². The predicted octanol–water partition coefficient (Wildman–Crippen LogP) is 2.95.